The molecule has 0 aromatic heterocycles. The van der Waals surface area contributed by atoms with E-state index in [2.05, 4.69) is 18.7 Å². The van der Waals surface area contributed by atoms with Crippen LogP contribution >= 0.6 is 0 Å². The van der Waals surface area contributed by atoms with E-state index in [0.717, 1.165) is 38.4 Å². The fourth-order valence-electron chi connectivity index (χ4n) is 3.74. The maximum Gasteiger partial charge on any atom is 0.275 e. The number of hydrogen-bond acceptors (Lipinski definition) is 2. The number of likely N-dealkylation sites (tertiary alicyclic amines) is 2. The van der Waals surface area contributed by atoms with Gasteiger partial charge in [-0.1, -0.05) is 13.8 Å². The third-order valence-corrected chi connectivity index (χ3v) is 5.28. The van der Waals surface area contributed by atoms with Gasteiger partial charge in [-0.15, -0.1) is 0 Å². The molecule has 2 nitrogen and oxygen atoms in total. The summed E-state index contributed by atoms with van der Waals surface area (Å²) in [5.74, 6) is -1.16. The second-order valence-electron chi connectivity index (χ2n) is 7.25. The Hall–Kier alpha value is -0.220. The monoisotopic (exact) mass is 288 g/mol. The molecule has 20 heavy (non-hydrogen) atoms. The third-order valence-electron chi connectivity index (χ3n) is 5.28. The molecule has 2 saturated heterocycles. The van der Waals surface area contributed by atoms with Crippen molar-refractivity contribution >= 4 is 0 Å². The van der Waals surface area contributed by atoms with Crippen LogP contribution in [-0.2, 0) is 0 Å². The van der Waals surface area contributed by atoms with E-state index < -0.39 is 12.0 Å². The van der Waals surface area contributed by atoms with E-state index in [1.807, 2.05) is 18.7 Å². The van der Waals surface area contributed by atoms with Gasteiger partial charge in [0.2, 0.25) is 0 Å². The van der Waals surface area contributed by atoms with Crippen molar-refractivity contribution in [3.05, 3.63) is 0 Å². The van der Waals surface area contributed by atoms with Crippen LogP contribution in [0.25, 0.3) is 0 Å². The normalized spacial score (nSPS) is 30.3. The van der Waals surface area contributed by atoms with Crippen molar-refractivity contribution in [2.24, 2.45) is 11.8 Å². The van der Waals surface area contributed by atoms with Crippen LogP contribution < -0.4 is 0 Å². The molecule has 2 heterocycles. The predicted octanol–water partition coefficient (Wildman–Crippen LogP) is 3.47. The van der Waals surface area contributed by atoms with Crippen molar-refractivity contribution in [2.45, 2.75) is 65.0 Å². The van der Waals surface area contributed by atoms with Crippen LogP contribution in [0.5, 0.6) is 0 Å². The fraction of sp³-hybridized carbons (Fsp3) is 1.00. The van der Waals surface area contributed by atoms with E-state index in [1.54, 1.807) is 0 Å². The fourth-order valence-corrected chi connectivity index (χ4v) is 3.74. The molecule has 0 aliphatic carbocycles. The highest BCUT2D eigenvalue weighted by molar-refractivity contribution is 4.95. The largest absolute Gasteiger partial charge is 0.295 e. The van der Waals surface area contributed by atoms with Gasteiger partial charge in [0.15, 0.2) is 0 Å². The highest BCUT2D eigenvalue weighted by Crippen LogP contribution is 2.35. The lowest BCUT2D eigenvalue weighted by Gasteiger charge is -2.47. The first-order chi connectivity index (χ1) is 9.31. The maximum absolute atomic E-state index is 14.4. The summed E-state index contributed by atoms with van der Waals surface area (Å²) in [5, 5.41) is 0. The molecule has 0 spiro atoms. The molecule has 118 valence electrons. The predicted molar refractivity (Wildman–Crippen MR) is 79.2 cm³/mol. The molecule has 0 saturated carbocycles. The van der Waals surface area contributed by atoms with Crippen molar-refractivity contribution in [2.75, 3.05) is 26.2 Å². The Morgan fingerprint density at radius 1 is 0.950 bits per heavy atom. The van der Waals surface area contributed by atoms with Crippen LogP contribution in [0.2, 0.25) is 0 Å². The van der Waals surface area contributed by atoms with Gasteiger partial charge < -0.3 is 0 Å². The number of halogens is 2. The number of hydrogen-bond donors (Lipinski definition) is 0. The average Bonchev–Trinajstić information content (AvgIpc) is 2.37. The number of piperidine rings is 2. The van der Waals surface area contributed by atoms with Crippen molar-refractivity contribution in [1.29, 1.82) is 0 Å². The lowest BCUT2D eigenvalue weighted by Crippen LogP contribution is -2.60. The lowest BCUT2D eigenvalue weighted by molar-refractivity contribution is -0.137. The summed E-state index contributed by atoms with van der Waals surface area (Å²) < 4.78 is 28.9. The van der Waals surface area contributed by atoms with Gasteiger partial charge in [-0.25, -0.2) is 8.78 Å². The molecular weight excluding hydrogens is 258 g/mol. The highest BCUT2D eigenvalue weighted by atomic mass is 19.3. The third kappa shape index (κ3) is 3.51. The molecule has 0 aromatic carbocycles. The minimum Gasteiger partial charge on any atom is -0.295 e. The second kappa shape index (κ2) is 6.27. The minimum absolute atomic E-state index is 0.0700. The van der Waals surface area contributed by atoms with E-state index >= 15 is 0 Å². The van der Waals surface area contributed by atoms with E-state index in [0.29, 0.717) is 12.3 Å². The standard InChI is InChI=1S/C16H30F2N2/c1-12(2)14-5-8-19(9-6-14)15-7-10-20(13(3)4)11-16(15,17)18/h12-15H,5-11H2,1-4H3. The molecule has 2 aliphatic rings. The molecule has 0 amide bonds. The zero-order chi connectivity index (χ0) is 14.9. The van der Waals surface area contributed by atoms with Gasteiger partial charge in [0.25, 0.3) is 5.92 Å². The van der Waals surface area contributed by atoms with Gasteiger partial charge in [-0.05, 0) is 58.0 Å². The lowest BCUT2D eigenvalue weighted by atomic mass is 9.85. The van der Waals surface area contributed by atoms with Crippen LogP contribution in [-0.4, -0.2) is 54.0 Å². The van der Waals surface area contributed by atoms with Crippen molar-refractivity contribution in [3.63, 3.8) is 0 Å². The summed E-state index contributed by atoms with van der Waals surface area (Å²) in [6.45, 7) is 10.9. The molecular formula is C16H30F2N2. The smallest absolute Gasteiger partial charge is 0.275 e. The first-order valence-electron chi connectivity index (χ1n) is 8.17. The van der Waals surface area contributed by atoms with E-state index in [1.165, 1.54) is 0 Å². The second-order valence-corrected chi connectivity index (χ2v) is 7.25. The van der Waals surface area contributed by atoms with Crippen LogP contribution in [0, 0.1) is 11.8 Å². The van der Waals surface area contributed by atoms with Gasteiger partial charge in [0.05, 0.1) is 12.6 Å². The van der Waals surface area contributed by atoms with Gasteiger partial charge in [-0.3, -0.25) is 9.80 Å². The molecule has 0 aromatic rings. The Kier molecular flexibility index (Phi) is 5.06. The van der Waals surface area contributed by atoms with E-state index in [-0.39, 0.29) is 12.6 Å². The molecule has 2 aliphatic heterocycles. The van der Waals surface area contributed by atoms with Crippen molar-refractivity contribution < 1.29 is 8.78 Å². The highest BCUT2D eigenvalue weighted by Gasteiger charge is 2.48. The van der Waals surface area contributed by atoms with Crippen molar-refractivity contribution in [1.82, 2.24) is 9.80 Å². The summed E-state index contributed by atoms with van der Waals surface area (Å²) >= 11 is 0. The van der Waals surface area contributed by atoms with Crippen LogP contribution in [0.3, 0.4) is 0 Å². The average molecular weight is 288 g/mol. The quantitative estimate of drug-likeness (QED) is 0.784. The summed E-state index contributed by atoms with van der Waals surface area (Å²) in [5.41, 5.74) is 0. The van der Waals surface area contributed by atoms with Gasteiger partial charge in [0, 0.05) is 12.6 Å². The maximum atomic E-state index is 14.4. The molecule has 2 rings (SSSR count). The van der Waals surface area contributed by atoms with Gasteiger partial charge in [-0.2, -0.15) is 0 Å². The Balaban J connectivity index is 1.93. The molecule has 1 atom stereocenters. The molecule has 4 heteroatoms. The molecule has 2 fully saturated rings. The summed E-state index contributed by atoms with van der Waals surface area (Å²) in [4.78, 5) is 3.98. The van der Waals surface area contributed by atoms with Crippen molar-refractivity contribution in [3.8, 4) is 0 Å². The SMILES string of the molecule is CC(C)C1CCN(C2CCN(C(C)C)CC2(F)F)CC1. The minimum atomic E-state index is -2.56. The Labute approximate surface area is 122 Å². The number of alkyl halides is 2. The first-order valence-corrected chi connectivity index (χ1v) is 8.17. The molecule has 0 bridgehead atoms. The van der Waals surface area contributed by atoms with E-state index in [9.17, 15) is 8.78 Å². The first kappa shape index (κ1) is 16.2. The zero-order valence-electron chi connectivity index (χ0n) is 13.4. The molecule has 0 N–H and O–H groups in total. The number of rotatable bonds is 3. The summed E-state index contributed by atoms with van der Waals surface area (Å²) in [6.07, 6.45) is 2.77. The Bertz CT molecular complexity index is 310. The Morgan fingerprint density at radius 2 is 1.55 bits per heavy atom. The summed E-state index contributed by atoms with van der Waals surface area (Å²) in [7, 11) is 0. The van der Waals surface area contributed by atoms with E-state index in [4.69, 9.17) is 0 Å². The zero-order valence-corrected chi connectivity index (χ0v) is 13.4. The van der Waals surface area contributed by atoms with Crippen LogP contribution in [0.1, 0.15) is 47.0 Å². The van der Waals surface area contributed by atoms with Crippen LogP contribution in [0.15, 0.2) is 0 Å². The van der Waals surface area contributed by atoms with Gasteiger partial charge >= 0.3 is 0 Å². The van der Waals surface area contributed by atoms with Gasteiger partial charge in [0.1, 0.15) is 0 Å². The van der Waals surface area contributed by atoms with Crippen LogP contribution in [0.4, 0.5) is 8.78 Å². The topological polar surface area (TPSA) is 6.48 Å². The molecule has 0 radical (unpaired) electrons. The summed E-state index contributed by atoms with van der Waals surface area (Å²) in [6, 6.07) is -0.320. The molecule has 1 unspecified atom stereocenters. The number of nitrogens with zero attached hydrogens (tertiary/aromatic N) is 2. The Morgan fingerprint density at radius 3 is 2.00 bits per heavy atom.